The molecule has 0 aromatic carbocycles. The normalized spacial score (nSPS) is 21.5. The molecular weight excluding hydrogens is 344 g/mol. The Bertz CT molecular complexity index is 830. The molecule has 1 fully saturated rings. The summed E-state index contributed by atoms with van der Waals surface area (Å²) in [7, 11) is 0. The highest BCUT2D eigenvalue weighted by molar-refractivity contribution is 7.10. The third kappa shape index (κ3) is 2.91. The fourth-order valence-electron chi connectivity index (χ4n) is 3.49. The molecular formula is C20H20N4OS. The van der Waals surface area contributed by atoms with E-state index in [4.69, 9.17) is 5.73 Å². The van der Waals surface area contributed by atoms with Crippen LogP contribution in [0.4, 0.5) is 0 Å². The third-order valence-corrected chi connectivity index (χ3v) is 6.05. The quantitative estimate of drug-likeness (QED) is 0.705. The largest absolute Gasteiger partial charge is 0.341 e. The molecule has 0 unspecified atom stereocenters. The molecule has 4 rings (SSSR count). The summed E-state index contributed by atoms with van der Waals surface area (Å²) in [5.74, 6) is 0.172. The molecule has 3 heterocycles. The Kier molecular flexibility index (Phi) is 4.53. The highest BCUT2D eigenvalue weighted by Crippen LogP contribution is 2.55. The van der Waals surface area contributed by atoms with Gasteiger partial charge in [0.1, 0.15) is 6.04 Å². The van der Waals surface area contributed by atoms with Gasteiger partial charge in [-0.05, 0) is 54.6 Å². The molecule has 1 saturated carbocycles. The Labute approximate surface area is 156 Å². The number of rotatable bonds is 6. The molecule has 3 aromatic heterocycles. The number of aromatic nitrogens is 2. The van der Waals surface area contributed by atoms with E-state index in [0.29, 0.717) is 6.54 Å². The second-order valence-corrected chi connectivity index (χ2v) is 7.45. The van der Waals surface area contributed by atoms with Crippen molar-refractivity contribution in [2.75, 3.05) is 6.54 Å². The van der Waals surface area contributed by atoms with Gasteiger partial charge in [-0.1, -0.05) is 18.2 Å². The topological polar surface area (TPSA) is 80.9 Å². The lowest BCUT2D eigenvalue weighted by Gasteiger charge is -2.22. The van der Waals surface area contributed by atoms with Crippen molar-refractivity contribution in [3.05, 3.63) is 82.6 Å². The van der Waals surface area contributed by atoms with Crippen molar-refractivity contribution in [1.29, 1.82) is 0 Å². The van der Waals surface area contributed by atoms with Crippen LogP contribution >= 0.6 is 11.3 Å². The summed E-state index contributed by atoms with van der Waals surface area (Å²) >= 11 is 1.61. The first kappa shape index (κ1) is 16.9. The first-order valence-electron chi connectivity index (χ1n) is 8.62. The molecule has 0 saturated heterocycles. The number of hydrogen-bond acceptors (Lipinski definition) is 5. The maximum atomic E-state index is 13.3. The molecule has 26 heavy (non-hydrogen) atoms. The minimum Gasteiger partial charge on any atom is -0.341 e. The van der Waals surface area contributed by atoms with E-state index >= 15 is 0 Å². The zero-order chi connectivity index (χ0) is 18.0. The van der Waals surface area contributed by atoms with E-state index < -0.39 is 5.41 Å². The van der Waals surface area contributed by atoms with Crippen LogP contribution in [0.15, 0.2) is 66.3 Å². The number of thiophene rings is 1. The van der Waals surface area contributed by atoms with Gasteiger partial charge in [0.25, 0.3) is 0 Å². The number of amides is 1. The smallest absolute Gasteiger partial charge is 0.232 e. The molecule has 132 valence electrons. The van der Waals surface area contributed by atoms with Gasteiger partial charge in [-0.2, -0.15) is 0 Å². The minimum absolute atomic E-state index is 0.00305. The highest BCUT2D eigenvalue weighted by Gasteiger charge is 2.61. The summed E-state index contributed by atoms with van der Waals surface area (Å²) in [6.45, 7) is 0.503. The van der Waals surface area contributed by atoms with Crippen molar-refractivity contribution in [2.24, 2.45) is 11.7 Å². The van der Waals surface area contributed by atoms with Crippen LogP contribution in [-0.4, -0.2) is 22.4 Å². The van der Waals surface area contributed by atoms with Gasteiger partial charge in [0.15, 0.2) is 0 Å². The van der Waals surface area contributed by atoms with Gasteiger partial charge in [-0.25, -0.2) is 0 Å². The van der Waals surface area contributed by atoms with Crippen LogP contribution in [0.1, 0.15) is 28.7 Å². The Balaban J connectivity index is 1.67. The van der Waals surface area contributed by atoms with Gasteiger partial charge >= 0.3 is 0 Å². The van der Waals surface area contributed by atoms with E-state index in [1.807, 2.05) is 53.9 Å². The second-order valence-electron chi connectivity index (χ2n) is 6.50. The fourth-order valence-corrected chi connectivity index (χ4v) is 4.51. The Morgan fingerprint density at radius 3 is 2.31 bits per heavy atom. The van der Waals surface area contributed by atoms with Gasteiger partial charge < -0.3 is 11.1 Å². The number of nitrogens with zero attached hydrogens (tertiary/aromatic N) is 2. The number of hydrogen-bond donors (Lipinski definition) is 2. The van der Waals surface area contributed by atoms with Crippen LogP contribution in [0.3, 0.4) is 0 Å². The van der Waals surface area contributed by atoms with Crippen molar-refractivity contribution >= 4 is 17.2 Å². The molecule has 2 atom stereocenters. The zero-order valence-electron chi connectivity index (χ0n) is 14.2. The Morgan fingerprint density at radius 1 is 1.15 bits per heavy atom. The second kappa shape index (κ2) is 6.97. The van der Waals surface area contributed by atoms with Crippen LogP contribution in [-0.2, 0) is 10.2 Å². The number of nitrogens with two attached hydrogens (primary N) is 1. The minimum atomic E-state index is -0.523. The number of nitrogens with one attached hydrogen (secondary N) is 1. The molecule has 0 aliphatic heterocycles. The van der Waals surface area contributed by atoms with Crippen molar-refractivity contribution in [1.82, 2.24) is 15.3 Å². The molecule has 0 spiro atoms. The lowest BCUT2D eigenvalue weighted by molar-refractivity contribution is -0.124. The molecule has 1 amide bonds. The van der Waals surface area contributed by atoms with Crippen molar-refractivity contribution < 1.29 is 4.79 Å². The first-order chi connectivity index (χ1) is 12.8. The predicted molar refractivity (Wildman–Crippen MR) is 102 cm³/mol. The van der Waals surface area contributed by atoms with Crippen LogP contribution in [0.5, 0.6) is 0 Å². The van der Waals surface area contributed by atoms with Crippen LogP contribution < -0.4 is 11.1 Å². The highest BCUT2D eigenvalue weighted by atomic mass is 32.1. The SMILES string of the molecule is NC[C@@H]1C[C@@]1(C(=O)NC(c1ccccn1)c1ccccn1)c1cccs1. The first-order valence-corrected chi connectivity index (χ1v) is 9.50. The summed E-state index contributed by atoms with van der Waals surface area (Å²) in [6.07, 6.45) is 4.24. The van der Waals surface area contributed by atoms with Crippen molar-refractivity contribution in [3.63, 3.8) is 0 Å². The molecule has 1 aliphatic rings. The van der Waals surface area contributed by atoms with Gasteiger partial charge in [-0.15, -0.1) is 11.3 Å². The van der Waals surface area contributed by atoms with Crippen LogP contribution in [0.2, 0.25) is 0 Å². The lowest BCUT2D eigenvalue weighted by atomic mass is 9.98. The van der Waals surface area contributed by atoms with E-state index in [1.165, 1.54) is 0 Å². The van der Waals surface area contributed by atoms with E-state index in [2.05, 4.69) is 15.3 Å². The molecule has 1 aliphatic carbocycles. The molecule has 0 radical (unpaired) electrons. The lowest BCUT2D eigenvalue weighted by Crippen LogP contribution is -2.39. The van der Waals surface area contributed by atoms with E-state index in [-0.39, 0.29) is 17.9 Å². The standard InChI is InChI=1S/C20H20N4OS/c21-13-14-12-20(14,17-8-5-11-26-17)19(25)24-18(15-6-1-3-9-22-15)16-7-2-4-10-23-16/h1-11,14,18H,12-13,21H2,(H,24,25)/t14-,20-/m0/s1. The van der Waals surface area contributed by atoms with E-state index in [0.717, 1.165) is 22.7 Å². The fraction of sp³-hybridized carbons (Fsp3) is 0.250. The third-order valence-electron chi connectivity index (χ3n) is 5.00. The van der Waals surface area contributed by atoms with Crippen LogP contribution in [0.25, 0.3) is 0 Å². The predicted octanol–water partition coefficient (Wildman–Crippen LogP) is 2.66. The van der Waals surface area contributed by atoms with Gasteiger partial charge in [0.05, 0.1) is 16.8 Å². The number of carbonyl (C=O) groups excluding carboxylic acids is 1. The summed E-state index contributed by atoms with van der Waals surface area (Å²) in [4.78, 5) is 23.3. The van der Waals surface area contributed by atoms with Gasteiger partial charge in [0, 0.05) is 17.3 Å². The molecule has 0 bridgehead atoms. The Hall–Kier alpha value is -2.57. The number of pyridine rings is 2. The van der Waals surface area contributed by atoms with E-state index in [1.54, 1.807) is 23.7 Å². The number of carbonyl (C=O) groups is 1. The molecule has 3 aromatic rings. The average Bonchev–Trinajstić information content (AvgIpc) is 3.20. The van der Waals surface area contributed by atoms with Crippen LogP contribution in [0, 0.1) is 5.92 Å². The molecule has 3 N–H and O–H groups in total. The summed E-state index contributed by atoms with van der Waals surface area (Å²) < 4.78 is 0. The van der Waals surface area contributed by atoms with E-state index in [9.17, 15) is 4.79 Å². The maximum Gasteiger partial charge on any atom is 0.232 e. The maximum absolute atomic E-state index is 13.3. The van der Waals surface area contributed by atoms with Gasteiger partial charge in [-0.3, -0.25) is 14.8 Å². The monoisotopic (exact) mass is 364 g/mol. The summed E-state index contributed by atoms with van der Waals surface area (Å²) in [5, 5.41) is 5.20. The summed E-state index contributed by atoms with van der Waals surface area (Å²) in [5.41, 5.74) is 6.92. The van der Waals surface area contributed by atoms with Gasteiger partial charge in [0.2, 0.25) is 5.91 Å². The molecule has 5 nitrogen and oxygen atoms in total. The molecule has 6 heteroatoms. The van der Waals surface area contributed by atoms with Crippen molar-refractivity contribution in [3.8, 4) is 0 Å². The van der Waals surface area contributed by atoms with Crippen molar-refractivity contribution in [2.45, 2.75) is 17.9 Å². The average molecular weight is 364 g/mol. The zero-order valence-corrected chi connectivity index (χ0v) is 15.0. The summed E-state index contributed by atoms with van der Waals surface area (Å²) in [6, 6.07) is 15.0. The Morgan fingerprint density at radius 2 is 1.85 bits per heavy atom.